The summed E-state index contributed by atoms with van der Waals surface area (Å²) in [5.74, 6) is 1.48. The van der Waals surface area contributed by atoms with Crippen molar-refractivity contribution in [1.29, 1.82) is 0 Å². The second kappa shape index (κ2) is 23.1. The number of carbonyl (C=O) groups excluding carboxylic acids is 4. The summed E-state index contributed by atoms with van der Waals surface area (Å²) in [6.45, 7) is 17.3. The highest BCUT2D eigenvalue weighted by Crippen LogP contribution is 2.49. The van der Waals surface area contributed by atoms with Gasteiger partial charge in [0.25, 0.3) is 0 Å². The summed E-state index contributed by atoms with van der Waals surface area (Å²) in [7, 11) is 2.55. The molecule has 3 unspecified atom stereocenters. The molecule has 2 aliphatic rings. The number of ether oxygens (including phenoxy) is 3. The van der Waals surface area contributed by atoms with Gasteiger partial charge in [-0.3, -0.25) is 9.59 Å². The number of nitrogens with one attached hydrogen (secondary N) is 5. The largest absolute Gasteiger partial charge is 0.480 e. The molecule has 0 aliphatic carbocycles. The smallest absolute Gasteiger partial charge is 0.407 e. The molecule has 2 aliphatic heterocycles. The van der Waals surface area contributed by atoms with Gasteiger partial charge in [-0.2, -0.15) is 0 Å². The van der Waals surface area contributed by atoms with E-state index in [0.717, 1.165) is 80.6 Å². The number of imidazole rings is 2. The molecule has 3 aromatic carbocycles. The third-order valence-corrected chi connectivity index (χ3v) is 11.8. The van der Waals surface area contributed by atoms with Crippen LogP contribution in [0.4, 0.5) is 9.59 Å². The van der Waals surface area contributed by atoms with Crippen LogP contribution in [0.1, 0.15) is 115 Å². The van der Waals surface area contributed by atoms with Gasteiger partial charge in [0.15, 0.2) is 6.10 Å². The summed E-state index contributed by atoms with van der Waals surface area (Å²) in [6.07, 6.45) is 5.40. The Balaban J connectivity index is 0.00000146. The van der Waals surface area contributed by atoms with E-state index in [1.165, 1.54) is 20.6 Å². The number of benzene rings is 3. The van der Waals surface area contributed by atoms with Crippen molar-refractivity contribution < 1.29 is 33.4 Å². The van der Waals surface area contributed by atoms with Gasteiger partial charge in [0.05, 0.1) is 56.3 Å². The number of nitrogens with zero attached hydrogens (tertiary/aromatic N) is 4. The molecule has 3 aromatic heterocycles. The van der Waals surface area contributed by atoms with Crippen LogP contribution in [0, 0.1) is 12.8 Å². The quantitative estimate of drug-likeness (QED) is 0.0748. The van der Waals surface area contributed by atoms with E-state index in [-0.39, 0.29) is 36.9 Å². The molecule has 0 bridgehead atoms. The monoisotopic (exact) mass is 930 g/mol. The molecule has 362 valence electrons. The zero-order valence-electron chi connectivity index (χ0n) is 41.0. The van der Waals surface area contributed by atoms with E-state index in [4.69, 9.17) is 14.5 Å². The standard InChI is InChI=1S/C47H53N9O7.C3H8.C2H6/c1-7-18-55(45(58)41(26(2)3)54-47(60)62-6)25-38-48-22-34(51-38)29-15-17-33-32(20-29)40-42(52-33)31-16-14-30(21-37(31)63-43(40)28-12-10-27(4)11-13-28)35-23-49-44(53-35)36-9-8-19-56(36)39(57)24-50-46(59)61-5;1-3-2;1-2/h10-17,20-23,26,36,41,43,52H,7-9,18-19,24-25H2,1-6H3,(H,48,51)(H,49,53)(H,50,59)(H,54,60);3H2,1-2H3;1-2H3. The highest BCUT2D eigenvalue weighted by Gasteiger charge is 2.35. The molecule has 0 radical (unpaired) electrons. The van der Waals surface area contributed by atoms with Gasteiger partial charge < -0.3 is 49.6 Å². The average molecular weight is 930 g/mol. The lowest BCUT2D eigenvalue weighted by atomic mass is 9.91. The lowest BCUT2D eigenvalue weighted by molar-refractivity contribution is -0.135. The Bertz CT molecular complexity index is 2670. The molecule has 68 heavy (non-hydrogen) atoms. The zero-order chi connectivity index (χ0) is 49.1. The van der Waals surface area contributed by atoms with Crippen LogP contribution >= 0.6 is 0 Å². The van der Waals surface area contributed by atoms with Crippen LogP contribution in [0.3, 0.4) is 0 Å². The Labute approximate surface area is 399 Å². The Kier molecular flexibility index (Phi) is 17.1. The van der Waals surface area contributed by atoms with Gasteiger partial charge >= 0.3 is 12.2 Å². The number of methoxy groups -OCH3 is 2. The molecule has 5 N–H and O–H groups in total. The van der Waals surface area contributed by atoms with E-state index >= 15 is 0 Å². The topological polar surface area (TPSA) is 200 Å². The predicted molar refractivity (Wildman–Crippen MR) is 264 cm³/mol. The first-order chi connectivity index (χ1) is 32.9. The number of fused-ring (bicyclic) bond motifs is 5. The van der Waals surface area contributed by atoms with Crippen LogP contribution < -0.4 is 15.4 Å². The van der Waals surface area contributed by atoms with Crippen molar-refractivity contribution in [2.75, 3.05) is 33.9 Å². The fourth-order valence-electron chi connectivity index (χ4n) is 8.55. The lowest BCUT2D eigenvalue weighted by Crippen LogP contribution is -2.51. The van der Waals surface area contributed by atoms with E-state index in [9.17, 15) is 19.2 Å². The minimum Gasteiger partial charge on any atom is -0.480 e. The van der Waals surface area contributed by atoms with Gasteiger partial charge in [-0.05, 0) is 61.9 Å². The molecular formula is C52H67N9O7. The molecule has 5 heterocycles. The number of likely N-dealkylation sites (tertiary alicyclic amines) is 1. The third-order valence-electron chi connectivity index (χ3n) is 11.8. The van der Waals surface area contributed by atoms with Crippen LogP contribution in [-0.4, -0.2) is 98.6 Å². The Morgan fingerprint density at radius 3 is 2.25 bits per heavy atom. The number of aromatic amines is 3. The predicted octanol–water partition coefficient (Wildman–Crippen LogP) is 9.99. The van der Waals surface area contributed by atoms with E-state index in [2.05, 4.69) is 98.5 Å². The van der Waals surface area contributed by atoms with Gasteiger partial charge in [0, 0.05) is 46.2 Å². The average Bonchev–Trinajstić information content (AvgIpc) is 4.19. The number of carbonyl (C=O) groups is 4. The first-order valence-corrected chi connectivity index (χ1v) is 23.7. The van der Waals surface area contributed by atoms with Crippen molar-refractivity contribution in [3.05, 3.63) is 101 Å². The summed E-state index contributed by atoms with van der Waals surface area (Å²) in [5, 5.41) is 6.18. The summed E-state index contributed by atoms with van der Waals surface area (Å²) in [5.41, 5.74) is 9.40. The molecule has 16 nitrogen and oxygen atoms in total. The van der Waals surface area contributed by atoms with Crippen molar-refractivity contribution in [2.24, 2.45) is 5.92 Å². The highest BCUT2D eigenvalue weighted by molar-refractivity contribution is 5.96. The summed E-state index contributed by atoms with van der Waals surface area (Å²) in [6, 6.07) is 19.8. The minimum atomic E-state index is -0.740. The van der Waals surface area contributed by atoms with Crippen LogP contribution in [0.2, 0.25) is 0 Å². The molecule has 0 saturated carbocycles. The number of aryl methyl sites for hydroxylation is 1. The van der Waals surface area contributed by atoms with Crippen molar-refractivity contribution >= 4 is 34.9 Å². The first-order valence-electron chi connectivity index (χ1n) is 23.7. The number of hydrogen-bond acceptors (Lipinski definition) is 9. The molecule has 0 spiro atoms. The number of aromatic nitrogens is 5. The van der Waals surface area contributed by atoms with E-state index in [1.807, 2.05) is 52.8 Å². The Morgan fingerprint density at radius 2 is 1.56 bits per heavy atom. The zero-order valence-corrected chi connectivity index (χ0v) is 41.0. The number of hydrogen-bond donors (Lipinski definition) is 5. The Hall–Kier alpha value is -7.10. The Morgan fingerprint density at radius 1 is 0.882 bits per heavy atom. The molecule has 1 fully saturated rings. The molecule has 4 amide bonds. The second-order valence-corrected chi connectivity index (χ2v) is 17.1. The molecule has 16 heteroatoms. The van der Waals surface area contributed by atoms with Crippen molar-refractivity contribution in [3.63, 3.8) is 0 Å². The molecule has 3 atom stereocenters. The van der Waals surface area contributed by atoms with E-state index in [1.54, 1.807) is 22.2 Å². The van der Waals surface area contributed by atoms with Crippen LogP contribution in [0.15, 0.2) is 73.1 Å². The molecule has 6 aromatic rings. The summed E-state index contributed by atoms with van der Waals surface area (Å²) in [4.78, 5) is 73.9. The number of rotatable bonds is 13. The summed E-state index contributed by atoms with van der Waals surface area (Å²) >= 11 is 0. The van der Waals surface area contributed by atoms with Crippen LogP contribution in [-0.2, 0) is 25.6 Å². The van der Waals surface area contributed by atoms with Gasteiger partial charge in [0.2, 0.25) is 11.8 Å². The minimum absolute atomic E-state index is 0.146. The van der Waals surface area contributed by atoms with Gasteiger partial charge in [-0.25, -0.2) is 19.6 Å². The third kappa shape index (κ3) is 11.2. The fourth-order valence-corrected chi connectivity index (χ4v) is 8.55. The van der Waals surface area contributed by atoms with Crippen molar-refractivity contribution in [2.45, 2.75) is 106 Å². The number of alkyl carbamates (subject to hydrolysis) is 2. The maximum atomic E-state index is 13.7. The first kappa shape index (κ1) is 50.3. The van der Waals surface area contributed by atoms with Gasteiger partial charge in [-0.1, -0.05) is 96.8 Å². The van der Waals surface area contributed by atoms with Gasteiger partial charge in [-0.15, -0.1) is 0 Å². The van der Waals surface area contributed by atoms with Crippen molar-refractivity contribution in [1.82, 2.24) is 45.4 Å². The van der Waals surface area contributed by atoms with Crippen LogP contribution in [0.5, 0.6) is 5.75 Å². The normalized spacial score (nSPS) is 15.1. The van der Waals surface area contributed by atoms with E-state index in [0.29, 0.717) is 30.5 Å². The van der Waals surface area contributed by atoms with E-state index < -0.39 is 24.3 Å². The summed E-state index contributed by atoms with van der Waals surface area (Å²) < 4.78 is 16.4. The molecule has 1 saturated heterocycles. The SMILES string of the molecule is CC.CCC.CCCN(Cc1ncc(-c2ccc3[nH]c4c(c3c2)C(c2ccc(C)cc2)Oc2cc(-c3cnc(C5CCCN5C(=O)CNC(=O)OC)[nH]3)ccc2-4)[nH]1)C(=O)C(NC(=O)OC)C(C)C. The number of amides is 4. The molecule has 8 rings (SSSR count). The highest BCUT2D eigenvalue weighted by atomic mass is 16.5. The fraction of sp³-hybridized carbons (Fsp3) is 0.423. The number of H-pyrrole nitrogens is 3. The maximum absolute atomic E-state index is 13.7. The van der Waals surface area contributed by atoms with Crippen LogP contribution in [0.25, 0.3) is 44.7 Å². The van der Waals surface area contributed by atoms with Gasteiger partial charge in [0.1, 0.15) is 30.0 Å². The maximum Gasteiger partial charge on any atom is 0.407 e. The second-order valence-electron chi connectivity index (χ2n) is 17.1. The lowest BCUT2D eigenvalue weighted by Gasteiger charge is -2.28. The molecular weight excluding hydrogens is 863 g/mol. The van der Waals surface area contributed by atoms with Crippen molar-refractivity contribution in [3.8, 4) is 39.5 Å².